The number of methoxy groups -OCH3 is 1. The van der Waals surface area contributed by atoms with Crippen molar-refractivity contribution < 1.29 is 9.53 Å². The molecule has 0 fully saturated rings. The van der Waals surface area contributed by atoms with Gasteiger partial charge in [-0.15, -0.1) is 0 Å². The van der Waals surface area contributed by atoms with Crippen LogP contribution >= 0.6 is 15.9 Å². The van der Waals surface area contributed by atoms with Gasteiger partial charge in [0.1, 0.15) is 5.41 Å². The second-order valence-corrected chi connectivity index (χ2v) is 17.0. The Bertz CT molecular complexity index is 837. The van der Waals surface area contributed by atoms with Crippen LogP contribution in [0.4, 0.5) is 0 Å². The van der Waals surface area contributed by atoms with Crippen LogP contribution < -0.4 is 6.15 Å². The lowest BCUT2D eigenvalue weighted by Gasteiger charge is -2.46. The Morgan fingerprint density at radius 1 is 0.480 bits per heavy atom. The van der Waals surface area contributed by atoms with Gasteiger partial charge in [0.15, 0.2) is 0 Å². The number of rotatable bonds is 36. The lowest BCUT2D eigenvalue weighted by atomic mass is 9.63. The van der Waals surface area contributed by atoms with Crippen molar-refractivity contribution in [3.63, 3.8) is 0 Å². The van der Waals surface area contributed by atoms with Crippen LogP contribution in [-0.2, 0) is 14.9 Å². The fourth-order valence-corrected chi connectivity index (χ4v) is 9.29. The molecular formula is C46H86BrNO2. The zero-order valence-corrected chi connectivity index (χ0v) is 35.7. The minimum atomic E-state index is -0.665. The van der Waals surface area contributed by atoms with Crippen molar-refractivity contribution in [2.75, 3.05) is 7.11 Å². The topological polar surface area (TPSA) is 61.3 Å². The SMILES string of the molecule is CCCCCCCCCCCCC(Br)(CCCCCCCCCCCC)C(CCCCCCCCCCCC)(C(=O)OC)c1ccccc1.N. The number of carbonyl (C=O) groups is 1. The Morgan fingerprint density at radius 2 is 0.760 bits per heavy atom. The van der Waals surface area contributed by atoms with Gasteiger partial charge < -0.3 is 10.9 Å². The van der Waals surface area contributed by atoms with Crippen LogP contribution in [0.3, 0.4) is 0 Å². The van der Waals surface area contributed by atoms with Crippen molar-refractivity contribution in [1.82, 2.24) is 6.15 Å². The molecule has 0 saturated heterocycles. The standard InChI is InChI=1S/C46H83BrO2.H3N/c1-5-8-11-14-17-20-23-26-29-35-40-45(47,41-36-30-27-24-21-18-15-12-9-6-2)46(44(48)49-4,43-38-33-32-34-39-43)42-37-31-28-25-22-19-16-13-10-7-3;/h32-34,38-39H,5-31,35-37,40-42H2,1-4H3;1H3. The molecule has 1 atom stereocenters. The highest BCUT2D eigenvalue weighted by Crippen LogP contribution is 2.52. The number of carbonyl (C=O) groups excluding carboxylic acids is 1. The van der Waals surface area contributed by atoms with Crippen molar-refractivity contribution >= 4 is 21.9 Å². The molecule has 0 aromatic heterocycles. The third kappa shape index (κ3) is 21.0. The molecule has 1 rings (SSSR count). The Labute approximate surface area is 321 Å². The molecule has 3 nitrogen and oxygen atoms in total. The molecule has 0 bridgehead atoms. The van der Waals surface area contributed by atoms with E-state index in [2.05, 4.69) is 67.0 Å². The van der Waals surface area contributed by atoms with E-state index in [1.54, 1.807) is 7.11 Å². The van der Waals surface area contributed by atoms with Crippen molar-refractivity contribution in [3.8, 4) is 0 Å². The monoisotopic (exact) mass is 764 g/mol. The quantitative estimate of drug-likeness (QED) is 0.0420. The van der Waals surface area contributed by atoms with E-state index < -0.39 is 5.41 Å². The molecule has 294 valence electrons. The molecule has 0 aliphatic rings. The summed E-state index contributed by atoms with van der Waals surface area (Å²) < 4.78 is 5.49. The van der Waals surface area contributed by atoms with E-state index in [1.807, 2.05) is 0 Å². The predicted octanol–water partition coefficient (Wildman–Crippen LogP) is 16.3. The van der Waals surface area contributed by atoms with Gasteiger partial charge in [-0.25, -0.2) is 0 Å². The van der Waals surface area contributed by atoms with Gasteiger partial charge in [0.2, 0.25) is 0 Å². The molecule has 0 saturated carbocycles. The first kappa shape index (κ1) is 49.1. The Hall–Kier alpha value is -0.870. The summed E-state index contributed by atoms with van der Waals surface area (Å²) in [6, 6.07) is 10.8. The maximum absolute atomic E-state index is 14.3. The molecule has 0 heterocycles. The third-order valence-electron chi connectivity index (χ3n) is 11.3. The molecule has 3 N–H and O–H groups in total. The second-order valence-electron chi connectivity index (χ2n) is 15.5. The zero-order valence-electron chi connectivity index (χ0n) is 34.1. The fraction of sp³-hybridized carbons (Fsp3) is 0.848. The van der Waals surface area contributed by atoms with Crippen LogP contribution in [0.1, 0.15) is 238 Å². The first-order valence-corrected chi connectivity index (χ1v) is 22.6. The Kier molecular flexibility index (Phi) is 33.3. The highest BCUT2D eigenvalue weighted by Gasteiger charge is 2.55. The van der Waals surface area contributed by atoms with Crippen LogP contribution in [0.2, 0.25) is 0 Å². The summed E-state index contributed by atoms with van der Waals surface area (Å²) in [5.74, 6) is -0.0364. The van der Waals surface area contributed by atoms with Crippen LogP contribution in [0.25, 0.3) is 0 Å². The van der Waals surface area contributed by atoms with E-state index in [-0.39, 0.29) is 16.4 Å². The summed E-state index contributed by atoms with van der Waals surface area (Å²) >= 11 is 4.45. The molecule has 4 heteroatoms. The molecule has 0 spiro atoms. The van der Waals surface area contributed by atoms with Gasteiger partial charge in [-0.1, -0.05) is 260 Å². The van der Waals surface area contributed by atoms with E-state index in [4.69, 9.17) is 4.74 Å². The van der Waals surface area contributed by atoms with Crippen LogP contribution in [0, 0.1) is 0 Å². The normalized spacial score (nSPS) is 12.8. The number of alkyl halides is 1. The first-order valence-electron chi connectivity index (χ1n) is 21.8. The maximum atomic E-state index is 14.3. The summed E-state index contributed by atoms with van der Waals surface area (Å²) in [6.45, 7) is 6.88. The highest BCUT2D eigenvalue weighted by molar-refractivity contribution is 9.10. The van der Waals surface area contributed by atoms with Crippen molar-refractivity contribution in [2.24, 2.45) is 0 Å². The Morgan fingerprint density at radius 3 is 1.06 bits per heavy atom. The number of benzene rings is 1. The molecular weight excluding hydrogens is 678 g/mol. The number of unbranched alkanes of at least 4 members (excludes halogenated alkanes) is 27. The van der Waals surface area contributed by atoms with Gasteiger partial charge in [0.25, 0.3) is 0 Å². The van der Waals surface area contributed by atoms with E-state index in [0.29, 0.717) is 0 Å². The Balaban J connectivity index is 0.0000240. The summed E-state index contributed by atoms with van der Waals surface area (Å²) in [5.41, 5.74) is 0.482. The van der Waals surface area contributed by atoms with Crippen LogP contribution in [0.15, 0.2) is 30.3 Å². The molecule has 0 aliphatic carbocycles. The average molecular weight is 765 g/mol. The highest BCUT2D eigenvalue weighted by atomic mass is 79.9. The third-order valence-corrected chi connectivity index (χ3v) is 12.8. The van der Waals surface area contributed by atoms with Gasteiger partial charge in [-0.2, -0.15) is 0 Å². The van der Waals surface area contributed by atoms with Crippen molar-refractivity contribution in [2.45, 2.75) is 242 Å². The van der Waals surface area contributed by atoms with E-state index in [9.17, 15) is 4.79 Å². The minimum Gasteiger partial charge on any atom is -0.468 e. The minimum absolute atomic E-state index is 0. The van der Waals surface area contributed by atoms with Crippen LogP contribution in [0.5, 0.6) is 0 Å². The number of hydrogen-bond acceptors (Lipinski definition) is 3. The maximum Gasteiger partial charge on any atom is 0.317 e. The molecule has 1 aromatic carbocycles. The zero-order chi connectivity index (χ0) is 35.7. The smallest absolute Gasteiger partial charge is 0.317 e. The number of hydrogen-bond donors (Lipinski definition) is 1. The van der Waals surface area contributed by atoms with Gasteiger partial charge in [0.05, 0.1) is 7.11 Å². The first-order chi connectivity index (χ1) is 24.0. The second kappa shape index (κ2) is 33.9. The molecule has 1 unspecified atom stereocenters. The van der Waals surface area contributed by atoms with Gasteiger partial charge in [-0.05, 0) is 24.8 Å². The molecule has 50 heavy (non-hydrogen) atoms. The number of esters is 1. The lowest BCUT2D eigenvalue weighted by Crippen LogP contribution is -2.53. The average Bonchev–Trinajstić information content (AvgIpc) is 3.12. The van der Waals surface area contributed by atoms with E-state index in [1.165, 1.54) is 186 Å². The van der Waals surface area contributed by atoms with Gasteiger partial charge in [-0.3, -0.25) is 4.79 Å². The van der Waals surface area contributed by atoms with Crippen molar-refractivity contribution in [3.05, 3.63) is 35.9 Å². The number of ether oxygens (including phenoxy) is 1. The van der Waals surface area contributed by atoms with Crippen molar-refractivity contribution in [1.29, 1.82) is 0 Å². The van der Waals surface area contributed by atoms with Crippen LogP contribution in [-0.4, -0.2) is 17.4 Å². The number of halogens is 1. The van der Waals surface area contributed by atoms with E-state index >= 15 is 0 Å². The van der Waals surface area contributed by atoms with Gasteiger partial charge >= 0.3 is 5.97 Å². The summed E-state index contributed by atoms with van der Waals surface area (Å²) in [4.78, 5) is 14.3. The summed E-state index contributed by atoms with van der Waals surface area (Å²) in [5, 5.41) is 0. The molecule has 0 aliphatic heterocycles. The predicted molar refractivity (Wildman–Crippen MR) is 226 cm³/mol. The molecule has 0 radical (unpaired) electrons. The largest absolute Gasteiger partial charge is 0.468 e. The van der Waals surface area contributed by atoms with Gasteiger partial charge in [0, 0.05) is 4.32 Å². The summed E-state index contributed by atoms with van der Waals surface area (Å²) in [6.07, 6.45) is 42.7. The fourth-order valence-electron chi connectivity index (χ4n) is 8.14. The summed E-state index contributed by atoms with van der Waals surface area (Å²) in [7, 11) is 1.62. The molecule has 1 aromatic rings. The lowest BCUT2D eigenvalue weighted by molar-refractivity contribution is -0.150. The van der Waals surface area contributed by atoms with E-state index in [0.717, 1.165) is 31.2 Å². The molecule has 0 amide bonds.